The Hall–Kier alpha value is -2.80. The summed E-state index contributed by atoms with van der Waals surface area (Å²) in [4.78, 5) is 27.2. The van der Waals surface area contributed by atoms with Crippen molar-refractivity contribution in [3.63, 3.8) is 0 Å². The first-order chi connectivity index (χ1) is 12.9. The van der Waals surface area contributed by atoms with Crippen molar-refractivity contribution >= 4 is 28.7 Å². The van der Waals surface area contributed by atoms with Crippen LogP contribution in [-0.2, 0) is 11.3 Å². The molecule has 3 aromatic rings. The molecule has 2 aromatic heterocycles. The lowest BCUT2D eigenvalue weighted by atomic mass is 10.1. The number of fused-ring (bicyclic) bond motifs is 1. The zero-order chi connectivity index (χ0) is 19.6. The normalized spacial score (nSPS) is 12.3. The monoisotopic (exact) mass is 390 g/mol. The van der Waals surface area contributed by atoms with Crippen LogP contribution in [0.5, 0.6) is 5.75 Å². The van der Waals surface area contributed by atoms with Crippen LogP contribution in [-0.4, -0.2) is 20.6 Å². The molecule has 1 atom stereocenters. The molecule has 142 valence electrons. The second-order valence-corrected chi connectivity index (χ2v) is 6.60. The number of hydrogen-bond donors (Lipinski definition) is 1. The minimum Gasteiger partial charge on any atom is -0.482 e. The molecule has 2 heterocycles. The first kappa shape index (κ1) is 19.0. The third-order valence-electron chi connectivity index (χ3n) is 4.18. The molecule has 0 saturated carbocycles. The molecular formula is C19H19ClN2O5. The highest BCUT2D eigenvalue weighted by molar-refractivity contribution is 6.32. The van der Waals surface area contributed by atoms with Gasteiger partial charge in [0.25, 0.3) is 0 Å². The molecular weight excluding hydrogens is 372 g/mol. The lowest BCUT2D eigenvalue weighted by molar-refractivity contribution is -0.137. The number of aliphatic carboxylic acids is 1. The zero-order valence-corrected chi connectivity index (χ0v) is 15.7. The molecule has 0 saturated heterocycles. The number of carbonyl (C=O) groups is 1. The maximum atomic E-state index is 12.0. The van der Waals surface area contributed by atoms with Gasteiger partial charge in [0.1, 0.15) is 11.9 Å². The van der Waals surface area contributed by atoms with E-state index in [1.54, 1.807) is 18.3 Å². The van der Waals surface area contributed by atoms with E-state index >= 15 is 0 Å². The molecule has 1 N–H and O–H groups in total. The molecule has 0 amide bonds. The molecule has 0 fully saturated rings. The quantitative estimate of drug-likeness (QED) is 0.656. The van der Waals surface area contributed by atoms with E-state index < -0.39 is 11.7 Å². The van der Waals surface area contributed by atoms with Gasteiger partial charge in [-0.25, -0.2) is 4.79 Å². The summed E-state index contributed by atoms with van der Waals surface area (Å²) in [7, 11) is 0. The summed E-state index contributed by atoms with van der Waals surface area (Å²) >= 11 is 6.34. The van der Waals surface area contributed by atoms with E-state index in [1.807, 2.05) is 26.0 Å². The lowest BCUT2D eigenvalue weighted by Gasteiger charge is -2.18. The summed E-state index contributed by atoms with van der Waals surface area (Å²) < 4.78 is 12.5. The third kappa shape index (κ3) is 4.14. The van der Waals surface area contributed by atoms with Crippen molar-refractivity contribution in [1.82, 2.24) is 9.55 Å². The molecule has 7 nitrogen and oxygen atoms in total. The number of aromatic nitrogens is 2. The fourth-order valence-corrected chi connectivity index (χ4v) is 2.95. The Morgan fingerprint density at radius 3 is 2.81 bits per heavy atom. The number of nitrogens with zero attached hydrogens (tertiary/aromatic N) is 2. The van der Waals surface area contributed by atoms with Gasteiger partial charge in [0, 0.05) is 18.8 Å². The van der Waals surface area contributed by atoms with E-state index in [2.05, 4.69) is 4.98 Å². The number of carboxylic acids is 1. The summed E-state index contributed by atoms with van der Waals surface area (Å²) in [5.74, 6) is -1.26. The standard InChI is InChI=1S/C19H19ClN2O5/c1-3-15(13-5-4-11(2)10-21-13)26-16-9-17-14(8-12(16)20)22(19(25)27-17)7-6-18(23)24/h4-5,8-10,15H,3,6-7H2,1-2H3,(H,23,24). The van der Waals surface area contributed by atoms with Crippen molar-refractivity contribution in [3.8, 4) is 5.75 Å². The maximum absolute atomic E-state index is 12.0. The summed E-state index contributed by atoms with van der Waals surface area (Å²) in [5.41, 5.74) is 2.55. The van der Waals surface area contributed by atoms with Crippen LogP contribution >= 0.6 is 11.6 Å². The average Bonchev–Trinajstić information content (AvgIpc) is 2.93. The number of halogens is 1. The lowest BCUT2D eigenvalue weighted by Crippen LogP contribution is -2.16. The summed E-state index contributed by atoms with van der Waals surface area (Å²) in [6, 6.07) is 6.96. The highest BCUT2D eigenvalue weighted by Crippen LogP contribution is 2.33. The SMILES string of the molecule is CCC(Oc1cc2oc(=O)n(CCC(=O)O)c2cc1Cl)c1ccc(C)cn1. The largest absolute Gasteiger partial charge is 0.482 e. The Balaban J connectivity index is 1.93. The predicted molar refractivity (Wildman–Crippen MR) is 100 cm³/mol. The number of benzene rings is 1. The molecule has 8 heteroatoms. The Labute approximate surface area is 160 Å². The van der Waals surface area contributed by atoms with Crippen LogP contribution in [0, 0.1) is 6.92 Å². The number of carboxylic acid groups (broad SMARTS) is 1. The molecule has 27 heavy (non-hydrogen) atoms. The Bertz CT molecular complexity index is 1020. The van der Waals surface area contributed by atoms with Crippen LogP contribution in [0.1, 0.15) is 37.1 Å². The van der Waals surface area contributed by atoms with E-state index in [4.69, 9.17) is 25.9 Å². The first-order valence-corrected chi connectivity index (χ1v) is 8.90. The second-order valence-electron chi connectivity index (χ2n) is 6.19. The topological polar surface area (TPSA) is 94.6 Å². The van der Waals surface area contributed by atoms with E-state index in [9.17, 15) is 9.59 Å². The van der Waals surface area contributed by atoms with Crippen LogP contribution in [0.3, 0.4) is 0 Å². The van der Waals surface area contributed by atoms with E-state index in [0.29, 0.717) is 22.7 Å². The number of ether oxygens (including phenoxy) is 1. The minimum absolute atomic E-state index is 0.00255. The van der Waals surface area contributed by atoms with Crippen LogP contribution in [0.25, 0.3) is 11.1 Å². The number of pyridine rings is 1. The van der Waals surface area contributed by atoms with Gasteiger partial charge in [-0.2, -0.15) is 0 Å². The van der Waals surface area contributed by atoms with Gasteiger partial charge in [0.15, 0.2) is 5.58 Å². The molecule has 3 rings (SSSR count). The molecule has 0 aliphatic heterocycles. The van der Waals surface area contributed by atoms with Crippen molar-refractivity contribution in [2.75, 3.05) is 0 Å². The fourth-order valence-electron chi connectivity index (χ4n) is 2.75. The minimum atomic E-state index is -1.00. The van der Waals surface area contributed by atoms with Crippen molar-refractivity contribution in [2.45, 2.75) is 39.3 Å². The summed E-state index contributed by atoms with van der Waals surface area (Å²) in [5, 5.41) is 9.13. The number of hydrogen-bond acceptors (Lipinski definition) is 5. The zero-order valence-electron chi connectivity index (χ0n) is 14.9. The van der Waals surface area contributed by atoms with Gasteiger partial charge in [-0.1, -0.05) is 24.6 Å². The smallest absolute Gasteiger partial charge is 0.419 e. The van der Waals surface area contributed by atoms with E-state index in [1.165, 1.54) is 4.57 Å². The molecule has 0 spiro atoms. The molecule has 0 radical (unpaired) electrons. The first-order valence-electron chi connectivity index (χ1n) is 8.53. The molecule has 1 aromatic carbocycles. The van der Waals surface area contributed by atoms with E-state index in [0.717, 1.165) is 11.3 Å². The summed E-state index contributed by atoms with van der Waals surface area (Å²) in [6.45, 7) is 3.93. The van der Waals surface area contributed by atoms with Crippen molar-refractivity contribution in [3.05, 3.63) is 57.3 Å². The maximum Gasteiger partial charge on any atom is 0.419 e. The van der Waals surface area contributed by atoms with Crippen LogP contribution in [0.15, 0.2) is 39.7 Å². The predicted octanol–water partition coefficient (Wildman–Crippen LogP) is 3.96. The highest BCUT2D eigenvalue weighted by Gasteiger charge is 2.18. The Kier molecular flexibility index (Phi) is 5.51. The Morgan fingerprint density at radius 2 is 2.19 bits per heavy atom. The number of aryl methyl sites for hydroxylation is 2. The van der Waals surface area contributed by atoms with E-state index in [-0.39, 0.29) is 24.7 Å². The summed E-state index contributed by atoms with van der Waals surface area (Å²) in [6.07, 6.45) is 1.95. The fraction of sp³-hybridized carbons (Fsp3) is 0.316. The van der Waals surface area contributed by atoms with Gasteiger partial charge < -0.3 is 14.3 Å². The second kappa shape index (κ2) is 7.84. The molecule has 0 bridgehead atoms. The average molecular weight is 391 g/mol. The highest BCUT2D eigenvalue weighted by atomic mass is 35.5. The van der Waals surface area contributed by atoms with Gasteiger partial charge >= 0.3 is 11.7 Å². The number of rotatable bonds is 7. The molecule has 1 unspecified atom stereocenters. The van der Waals surface area contributed by atoms with Crippen LogP contribution in [0.2, 0.25) is 5.02 Å². The molecule has 0 aliphatic carbocycles. The van der Waals surface area contributed by atoms with Crippen molar-refractivity contribution in [1.29, 1.82) is 0 Å². The molecule has 0 aliphatic rings. The van der Waals surface area contributed by atoms with Crippen LogP contribution < -0.4 is 10.5 Å². The van der Waals surface area contributed by atoms with Crippen molar-refractivity contribution in [2.24, 2.45) is 0 Å². The van der Waals surface area contributed by atoms with Gasteiger partial charge in [0.05, 0.1) is 22.7 Å². The van der Waals surface area contributed by atoms with Crippen LogP contribution in [0.4, 0.5) is 0 Å². The van der Waals surface area contributed by atoms with Gasteiger partial charge in [-0.3, -0.25) is 14.3 Å². The third-order valence-corrected chi connectivity index (χ3v) is 4.47. The Morgan fingerprint density at radius 1 is 1.41 bits per heavy atom. The van der Waals surface area contributed by atoms with Gasteiger partial charge in [-0.15, -0.1) is 0 Å². The van der Waals surface area contributed by atoms with Gasteiger partial charge in [0.2, 0.25) is 0 Å². The number of oxazole rings is 1. The van der Waals surface area contributed by atoms with Gasteiger partial charge in [-0.05, 0) is 31.0 Å². The van der Waals surface area contributed by atoms with Crippen molar-refractivity contribution < 1.29 is 19.1 Å².